The van der Waals surface area contributed by atoms with Gasteiger partial charge in [-0.1, -0.05) is 12.1 Å². The van der Waals surface area contributed by atoms with Crippen LogP contribution in [0, 0.1) is 13.8 Å². The summed E-state index contributed by atoms with van der Waals surface area (Å²) in [6.45, 7) is 5.57. The molecule has 2 aromatic rings. The molecule has 0 bridgehead atoms. The van der Waals surface area contributed by atoms with E-state index in [1.807, 2.05) is 32.0 Å². The predicted octanol–water partition coefficient (Wildman–Crippen LogP) is 2.61. The number of primary amides is 1. The number of hydrogen-bond acceptors (Lipinski definition) is 4. The molecule has 0 saturated heterocycles. The number of ether oxygens (including phenoxy) is 1. The highest BCUT2D eigenvalue weighted by molar-refractivity contribution is 5.96. The van der Waals surface area contributed by atoms with E-state index in [2.05, 4.69) is 10.6 Å². The molecule has 6 heteroatoms. The summed E-state index contributed by atoms with van der Waals surface area (Å²) in [6, 6.07) is 12.5. The van der Waals surface area contributed by atoms with Gasteiger partial charge in [0.2, 0.25) is 5.91 Å². The van der Waals surface area contributed by atoms with Gasteiger partial charge < -0.3 is 21.1 Å². The van der Waals surface area contributed by atoms with Crippen LogP contribution in [0.15, 0.2) is 42.5 Å². The van der Waals surface area contributed by atoms with Crippen molar-refractivity contribution < 1.29 is 14.3 Å². The van der Waals surface area contributed by atoms with E-state index in [4.69, 9.17) is 10.5 Å². The molecular formula is C19H23N3O3. The third kappa shape index (κ3) is 5.53. The molecule has 2 amide bonds. The fourth-order valence-corrected chi connectivity index (χ4v) is 2.23. The topological polar surface area (TPSA) is 93.4 Å². The highest BCUT2D eigenvalue weighted by Gasteiger charge is 2.14. The van der Waals surface area contributed by atoms with Crippen molar-refractivity contribution in [2.45, 2.75) is 26.8 Å². The van der Waals surface area contributed by atoms with Gasteiger partial charge in [-0.2, -0.15) is 0 Å². The second-order valence-corrected chi connectivity index (χ2v) is 5.95. The molecule has 0 saturated carbocycles. The van der Waals surface area contributed by atoms with Gasteiger partial charge >= 0.3 is 0 Å². The average Bonchev–Trinajstić information content (AvgIpc) is 2.57. The zero-order valence-electron chi connectivity index (χ0n) is 14.6. The Morgan fingerprint density at radius 2 is 1.80 bits per heavy atom. The Bertz CT molecular complexity index is 757. The molecule has 0 aliphatic rings. The molecule has 1 unspecified atom stereocenters. The van der Waals surface area contributed by atoms with Crippen LogP contribution in [0.3, 0.4) is 0 Å². The van der Waals surface area contributed by atoms with Crippen LogP contribution in [0.4, 0.5) is 11.4 Å². The van der Waals surface area contributed by atoms with Gasteiger partial charge in [0.1, 0.15) is 11.8 Å². The largest absolute Gasteiger partial charge is 0.484 e. The van der Waals surface area contributed by atoms with Crippen LogP contribution in [0.25, 0.3) is 0 Å². The molecule has 0 aliphatic carbocycles. The monoisotopic (exact) mass is 341 g/mol. The second kappa shape index (κ2) is 8.19. The Hall–Kier alpha value is -3.02. The number of nitrogens with two attached hydrogens (primary N) is 1. The molecule has 0 fully saturated rings. The third-order valence-corrected chi connectivity index (χ3v) is 3.66. The summed E-state index contributed by atoms with van der Waals surface area (Å²) >= 11 is 0. The summed E-state index contributed by atoms with van der Waals surface area (Å²) in [5.74, 6) is -0.112. The zero-order chi connectivity index (χ0) is 18.4. The van der Waals surface area contributed by atoms with Crippen molar-refractivity contribution in [2.75, 3.05) is 17.2 Å². The van der Waals surface area contributed by atoms with Gasteiger partial charge in [0.15, 0.2) is 6.61 Å². The Labute approximate surface area is 147 Å². The predicted molar refractivity (Wildman–Crippen MR) is 98.8 cm³/mol. The smallest absolute Gasteiger partial charge is 0.255 e. The van der Waals surface area contributed by atoms with Crippen molar-refractivity contribution >= 4 is 23.2 Å². The molecular weight excluding hydrogens is 318 g/mol. The summed E-state index contributed by atoms with van der Waals surface area (Å²) in [4.78, 5) is 23.1. The van der Waals surface area contributed by atoms with Crippen molar-refractivity contribution in [3.8, 4) is 5.75 Å². The standard InChI is InChI=1S/C19H23N3O3/c1-12-4-5-13(2)17(10-12)22-19(24)14(3)21-15-6-8-16(9-7-15)25-11-18(20)23/h4-10,14,21H,11H2,1-3H3,(H2,20,23)(H,22,24). The number of carbonyl (C=O) groups is 2. The van der Waals surface area contributed by atoms with Crippen molar-refractivity contribution in [3.63, 3.8) is 0 Å². The maximum Gasteiger partial charge on any atom is 0.255 e. The van der Waals surface area contributed by atoms with Crippen LogP contribution in [-0.2, 0) is 9.59 Å². The average molecular weight is 341 g/mol. The van der Waals surface area contributed by atoms with Crippen molar-refractivity contribution in [1.29, 1.82) is 0 Å². The van der Waals surface area contributed by atoms with E-state index >= 15 is 0 Å². The van der Waals surface area contributed by atoms with Crippen molar-refractivity contribution in [3.05, 3.63) is 53.6 Å². The fourth-order valence-electron chi connectivity index (χ4n) is 2.23. The third-order valence-electron chi connectivity index (χ3n) is 3.66. The quantitative estimate of drug-likeness (QED) is 0.721. The van der Waals surface area contributed by atoms with E-state index in [1.165, 1.54) is 0 Å². The minimum Gasteiger partial charge on any atom is -0.484 e. The lowest BCUT2D eigenvalue weighted by atomic mass is 10.1. The van der Waals surface area contributed by atoms with E-state index in [0.29, 0.717) is 5.75 Å². The van der Waals surface area contributed by atoms with Crippen molar-refractivity contribution in [1.82, 2.24) is 0 Å². The number of amides is 2. The Kier molecular flexibility index (Phi) is 6.00. The number of rotatable bonds is 7. The maximum absolute atomic E-state index is 12.4. The lowest BCUT2D eigenvalue weighted by molar-refractivity contribution is -0.120. The first kappa shape index (κ1) is 18.3. The molecule has 6 nitrogen and oxygen atoms in total. The highest BCUT2D eigenvalue weighted by Crippen LogP contribution is 2.19. The van der Waals surface area contributed by atoms with Crippen LogP contribution in [0.5, 0.6) is 5.75 Å². The molecule has 0 aromatic heterocycles. The molecule has 25 heavy (non-hydrogen) atoms. The van der Waals surface area contributed by atoms with E-state index in [1.54, 1.807) is 31.2 Å². The van der Waals surface area contributed by atoms with Gasteiger partial charge in [0.25, 0.3) is 5.91 Å². The number of carbonyl (C=O) groups excluding carboxylic acids is 2. The summed E-state index contributed by atoms with van der Waals surface area (Å²) in [5, 5.41) is 6.07. The zero-order valence-corrected chi connectivity index (χ0v) is 14.6. The van der Waals surface area contributed by atoms with E-state index in [0.717, 1.165) is 22.5 Å². The number of anilines is 2. The van der Waals surface area contributed by atoms with Crippen LogP contribution >= 0.6 is 0 Å². The Balaban J connectivity index is 1.94. The molecule has 4 N–H and O–H groups in total. The second-order valence-electron chi connectivity index (χ2n) is 5.95. The van der Waals surface area contributed by atoms with Crippen LogP contribution in [0.2, 0.25) is 0 Å². The van der Waals surface area contributed by atoms with Crippen LogP contribution in [0.1, 0.15) is 18.1 Å². The Morgan fingerprint density at radius 1 is 1.12 bits per heavy atom. The highest BCUT2D eigenvalue weighted by atomic mass is 16.5. The minimum atomic E-state index is -0.529. The lowest BCUT2D eigenvalue weighted by Gasteiger charge is -2.17. The van der Waals surface area contributed by atoms with Crippen LogP contribution in [-0.4, -0.2) is 24.5 Å². The van der Waals surface area contributed by atoms with Crippen LogP contribution < -0.4 is 21.1 Å². The number of aryl methyl sites for hydroxylation is 2. The van der Waals surface area contributed by atoms with Gasteiger partial charge in [-0.15, -0.1) is 0 Å². The minimum absolute atomic E-state index is 0.122. The first-order valence-electron chi connectivity index (χ1n) is 8.01. The lowest BCUT2D eigenvalue weighted by Crippen LogP contribution is -2.32. The van der Waals surface area contributed by atoms with E-state index in [-0.39, 0.29) is 12.5 Å². The molecule has 0 aliphatic heterocycles. The fraction of sp³-hybridized carbons (Fsp3) is 0.263. The molecule has 1 atom stereocenters. The maximum atomic E-state index is 12.4. The summed E-state index contributed by atoms with van der Waals surface area (Å²) in [7, 11) is 0. The molecule has 0 heterocycles. The van der Waals surface area contributed by atoms with Crippen molar-refractivity contribution in [2.24, 2.45) is 5.73 Å². The Morgan fingerprint density at radius 3 is 2.44 bits per heavy atom. The SMILES string of the molecule is Cc1ccc(C)c(NC(=O)C(C)Nc2ccc(OCC(N)=O)cc2)c1. The van der Waals surface area contributed by atoms with Gasteiger partial charge in [-0.3, -0.25) is 9.59 Å². The van der Waals surface area contributed by atoms with Gasteiger partial charge in [-0.05, 0) is 62.2 Å². The number of benzene rings is 2. The summed E-state index contributed by atoms with van der Waals surface area (Å²) in [6.07, 6.45) is 0. The molecule has 2 rings (SSSR count). The normalized spacial score (nSPS) is 11.5. The molecule has 0 radical (unpaired) electrons. The molecule has 0 spiro atoms. The number of hydrogen-bond donors (Lipinski definition) is 3. The van der Waals surface area contributed by atoms with Gasteiger partial charge in [-0.25, -0.2) is 0 Å². The summed E-state index contributed by atoms with van der Waals surface area (Å²) < 4.78 is 5.20. The van der Waals surface area contributed by atoms with Gasteiger partial charge in [0.05, 0.1) is 0 Å². The first-order chi connectivity index (χ1) is 11.8. The molecule has 2 aromatic carbocycles. The number of nitrogens with one attached hydrogen (secondary N) is 2. The first-order valence-corrected chi connectivity index (χ1v) is 8.01. The molecule has 132 valence electrons. The van der Waals surface area contributed by atoms with E-state index < -0.39 is 11.9 Å². The van der Waals surface area contributed by atoms with E-state index in [9.17, 15) is 9.59 Å². The van der Waals surface area contributed by atoms with Gasteiger partial charge in [0, 0.05) is 11.4 Å². The summed E-state index contributed by atoms with van der Waals surface area (Å²) in [5.41, 5.74) is 8.73.